The summed E-state index contributed by atoms with van der Waals surface area (Å²) in [6.45, 7) is 2.69. The average Bonchev–Trinajstić information content (AvgIpc) is 2.63. The number of anilines is 1. The maximum absolute atomic E-state index is 12.4. The maximum Gasteiger partial charge on any atom is 0.251 e. The van der Waals surface area contributed by atoms with Crippen LogP contribution in [0.3, 0.4) is 0 Å². The van der Waals surface area contributed by atoms with Crippen molar-refractivity contribution in [2.45, 2.75) is 32.2 Å². The lowest BCUT2D eigenvalue weighted by atomic mass is 10.1. The summed E-state index contributed by atoms with van der Waals surface area (Å²) in [7, 11) is 0. The fraction of sp³-hybridized carbons (Fsp3) is 0.316. The Kier molecular flexibility index (Phi) is 4.89. The summed E-state index contributed by atoms with van der Waals surface area (Å²) in [6, 6.07) is 10.9. The SMILES string of the molecule is C[C@@H](NC(=O)c1ccc(N2CCCCC2=O)cc1)c1ccncc1. The quantitative estimate of drug-likeness (QED) is 0.940. The minimum Gasteiger partial charge on any atom is -0.346 e. The lowest BCUT2D eigenvalue weighted by Gasteiger charge is -2.26. The lowest BCUT2D eigenvalue weighted by molar-refractivity contribution is -0.119. The normalized spacial score (nSPS) is 15.9. The summed E-state index contributed by atoms with van der Waals surface area (Å²) in [5.41, 5.74) is 2.46. The topological polar surface area (TPSA) is 62.3 Å². The molecule has 124 valence electrons. The van der Waals surface area contributed by atoms with Crippen LogP contribution >= 0.6 is 0 Å². The Labute approximate surface area is 141 Å². The van der Waals surface area contributed by atoms with Crippen LogP contribution in [-0.4, -0.2) is 23.3 Å². The van der Waals surface area contributed by atoms with Gasteiger partial charge in [0, 0.05) is 36.6 Å². The minimum atomic E-state index is -0.129. The number of hydrogen-bond donors (Lipinski definition) is 1. The third-order valence-corrected chi connectivity index (χ3v) is 4.32. The van der Waals surface area contributed by atoms with E-state index in [1.165, 1.54) is 0 Å². The molecular formula is C19H21N3O2. The van der Waals surface area contributed by atoms with Crippen LogP contribution in [0, 0.1) is 0 Å². The summed E-state index contributed by atoms with van der Waals surface area (Å²) in [4.78, 5) is 30.1. The van der Waals surface area contributed by atoms with Crippen molar-refractivity contribution in [3.63, 3.8) is 0 Å². The molecule has 0 saturated carbocycles. The Hall–Kier alpha value is -2.69. The van der Waals surface area contributed by atoms with Crippen molar-refractivity contribution in [3.8, 4) is 0 Å². The highest BCUT2D eigenvalue weighted by atomic mass is 16.2. The molecule has 0 spiro atoms. The van der Waals surface area contributed by atoms with Crippen LogP contribution in [0.25, 0.3) is 0 Å². The third-order valence-electron chi connectivity index (χ3n) is 4.32. The first-order chi connectivity index (χ1) is 11.6. The molecule has 1 aromatic carbocycles. The molecule has 1 atom stereocenters. The number of rotatable bonds is 4. The fourth-order valence-electron chi connectivity index (χ4n) is 2.89. The van der Waals surface area contributed by atoms with Gasteiger partial charge in [0.05, 0.1) is 6.04 Å². The van der Waals surface area contributed by atoms with Gasteiger partial charge in [-0.25, -0.2) is 0 Å². The van der Waals surface area contributed by atoms with Crippen molar-refractivity contribution in [1.82, 2.24) is 10.3 Å². The highest BCUT2D eigenvalue weighted by molar-refractivity contribution is 5.97. The van der Waals surface area contributed by atoms with E-state index in [9.17, 15) is 9.59 Å². The van der Waals surface area contributed by atoms with Crippen LogP contribution < -0.4 is 10.2 Å². The number of pyridine rings is 1. The first-order valence-electron chi connectivity index (χ1n) is 8.26. The van der Waals surface area contributed by atoms with E-state index in [0.29, 0.717) is 12.0 Å². The zero-order valence-corrected chi connectivity index (χ0v) is 13.7. The van der Waals surface area contributed by atoms with Crippen molar-refractivity contribution in [3.05, 3.63) is 59.9 Å². The van der Waals surface area contributed by atoms with E-state index in [0.717, 1.165) is 30.6 Å². The Balaban J connectivity index is 1.66. The molecule has 24 heavy (non-hydrogen) atoms. The standard InChI is InChI=1S/C19H21N3O2/c1-14(15-9-11-20-12-10-15)21-19(24)16-5-7-17(8-6-16)22-13-3-2-4-18(22)23/h5-12,14H,2-4,13H2,1H3,(H,21,24)/t14-/m1/s1. The van der Waals surface area contributed by atoms with Crippen LogP contribution in [0.4, 0.5) is 5.69 Å². The van der Waals surface area contributed by atoms with Crippen molar-refractivity contribution < 1.29 is 9.59 Å². The number of aromatic nitrogens is 1. The van der Waals surface area contributed by atoms with Crippen molar-refractivity contribution >= 4 is 17.5 Å². The first kappa shape index (κ1) is 16.2. The van der Waals surface area contributed by atoms with Gasteiger partial charge in [-0.1, -0.05) is 0 Å². The summed E-state index contributed by atoms with van der Waals surface area (Å²) in [5, 5.41) is 2.97. The van der Waals surface area contributed by atoms with Gasteiger partial charge in [-0.3, -0.25) is 14.6 Å². The molecule has 2 amide bonds. The lowest BCUT2D eigenvalue weighted by Crippen LogP contribution is -2.35. The number of nitrogens with one attached hydrogen (secondary N) is 1. The molecule has 1 aliphatic rings. The molecule has 1 N–H and O–H groups in total. The molecule has 2 aromatic rings. The zero-order valence-electron chi connectivity index (χ0n) is 13.7. The Morgan fingerprint density at radius 1 is 1.12 bits per heavy atom. The second kappa shape index (κ2) is 7.25. The number of benzene rings is 1. The first-order valence-corrected chi connectivity index (χ1v) is 8.26. The number of nitrogens with zero attached hydrogens (tertiary/aromatic N) is 2. The number of piperidine rings is 1. The van der Waals surface area contributed by atoms with Gasteiger partial charge in [0.2, 0.25) is 5.91 Å². The van der Waals surface area contributed by atoms with Gasteiger partial charge in [-0.05, 0) is 61.7 Å². The Morgan fingerprint density at radius 3 is 2.50 bits per heavy atom. The molecule has 0 radical (unpaired) electrons. The van der Waals surface area contributed by atoms with E-state index in [4.69, 9.17) is 0 Å². The predicted molar refractivity (Wildman–Crippen MR) is 92.8 cm³/mol. The number of hydrogen-bond acceptors (Lipinski definition) is 3. The second-order valence-corrected chi connectivity index (χ2v) is 6.03. The van der Waals surface area contributed by atoms with Crippen LogP contribution in [0.2, 0.25) is 0 Å². The predicted octanol–water partition coefficient (Wildman–Crippen LogP) is 3.09. The number of amides is 2. The van der Waals surface area contributed by atoms with Gasteiger partial charge in [0.15, 0.2) is 0 Å². The van der Waals surface area contributed by atoms with Crippen LogP contribution in [0.1, 0.15) is 48.1 Å². The monoisotopic (exact) mass is 323 g/mol. The average molecular weight is 323 g/mol. The van der Waals surface area contributed by atoms with Crippen molar-refractivity contribution in [1.29, 1.82) is 0 Å². The second-order valence-electron chi connectivity index (χ2n) is 6.03. The van der Waals surface area contributed by atoms with E-state index in [1.807, 2.05) is 31.2 Å². The number of carbonyl (C=O) groups is 2. The van der Waals surface area contributed by atoms with Crippen molar-refractivity contribution in [2.24, 2.45) is 0 Å². The molecule has 1 aliphatic heterocycles. The van der Waals surface area contributed by atoms with E-state index < -0.39 is 0 Å². The highest BCUT2D eigenvalue weighted by Crippen LogP contribution is 2.21. The molecule has 1 fully saturated rings. The van der Waals surface area contributed by atoms with Gasteiger partial charge >= 0.3 is 0 Å². The summed E-state index contributed by atoms with van der Waals surface area (Å²) in [6.07, 6.45) is 6.01. The largest absolute Gasteiger partial charge is 0.346 e. The van der Waals surface area contributed by atoms with E-state index in [2.05, 4.69) is 10.3 Å². The zero-order chi connectivity index (χ0) is 16.9. The van der Waals surface area contributed by atoms with E-state index >= 15 is 0 Å². The van der Waals surface area contributed by atoms with Gasteiger partial charge in [0.1, 0.15) is 0 Å². The van der Waals surface area contributed by atoms with E-state index in [-0.39, 0.29) is 17.9 Å². The molecule has 2 heterocycles. The molecule has 1 aromatic heterocycles. The Bertz CT molecular complexity index is 713. The molecular weight excluding hydrogens is 302 g/mol. The molecule has 1 saturated heterocycles. The van der Waals surface area contributed by atoms with Crippen LogP contribution in [0.15, 0.2) is 48.8 Å². The van der Waals surface area contributed by atoms with Crippen LogP contribution in [0.5, 0.6) is 0 Å². The summed E-state index contributed by atoms with van der Waals surface area (Å²) >= 11 is 0. The highest BCUT2D eigenvalue weighted by Gasteiger charge is 2.20. The smallest absolute Gasteiger partial charge is 0.251 e. The van der Waals surface area contributed by atoms with Gasteiger partial charge in [-0.2, -0.15) is 0 Å². The van der Waals surface area contributed by atoms with Gasteiger partial charge < -0.3 is 10.2 Å². The van der Waals surface area contributed by atoms with Crippen molar-refractivity contribution in [2.75, 3.05) is 11.4 Å². The molecule has 0 bridgehead atoms. The molecule has 0 aliphatic carbocycles. The van der Waals surface area contributed by atoms with Gasteiger partial charge in [-0.15, -0.1) is 0 Å². The number of carbonyl (C=O) groups excluding carboxylic acids is 2. The fourth-order valence-corrected chi connectivity index (χ4v) is 2.89. The molecule has 5 nitrogen and oxygen atoms in total. The molecule has 0 unspecified atom stereocenters. The summed E-state index contributed by atoms with van der Waals surface area (Å²) in [5.74, 6) is 0.0283. The molecule has 5 heteroatoms. The minimum absolute atomic E-state index is 0.0937. The third kappa shape index (κ3) is 3.62. The maximum atomic E-state index is 12.4. The molecule has 3 rings (SSSR count). The van der Waals surface area contributed by atoms with E-state index in [1.54, 1.807) is 29.4 Å². The van der Waals surface area contributed by atoms with Crippen LogP contribution in [-0.2, 0) is 4.79 Å². The summed E-state index contributed by atoms with van der Waals surface area (Å²) < 4.78 is 0. The van der Waals surface area contributed by atoms with Gasteiger partial charge in [0.25, 0.3) is 5.91 Å². The Morgan fingerprint density at radius 2 is 1.83 bits per heavy atom.